The first kappa shape index (κ1) is 11.6. The average molecular weight is 296 g/mol. The van der Waals surface area contributed by atoms with Crippen molar-refractivity contribution in [3.05, 3.63) is 47.2 Å². The maximum absolute atomic E-state index is 11.1. The van der Waals surface area contributed by atoms with Gasteiger partial charge in [0.1, 0.15) is 10.3 Å². The number of rotatable bonds is 2. The Balaban J connectivity index is 2.31. The van der Waals surface area contributed by atoms with Gasteiger partial charge < -0.3 is 10.6 Å². The lowest BCUT2D eigenvalue weighted by molar-refractivity contribution is -0.115. The van der Waals surface area contributed by atoms with Crippen molar-refractivity contribution >= 4 is 27.5 Å². The number of primary amides is 1. The molecule has 0 aliphatic carbocycles. The molecule has 0 aromatic carbocycles. The smallest absolute Gasteiger partial charge is 0.268 e. The quantitative estimate of drug-likeness (QED) is 0.617. The van der Waals surface area contributed by atoms with Crippen LogP contribution in [0.3, 0.4) is 0 Å². The van der Waals surface area contributed by atoms with E-state index in [1.54, 1.807) is 35.8 Å². The summed E-state index contributed by atoms with van der Waals surface area (Å²) in [5.74, 6) is 4.98. The van der Waals surface area contributed by atoms with Crippen LogP contribution in [0.4, 0.5) is 5.69 Å². The number of hydrogen-bond acceptors (Lipinski definition) is 5. The van der Waals surface area contributed by atoms with Crippen molar-refractivity contribution in [1.82, 2.24) is 9.99 Å². The van der Waals surface area contributed by atoms with Crippen molar-refractivity contribution < 1.29 is 4.79 Å². The van der Waals surface area contributed by atoms with Crippen LogP contribution in [0.25, 0.3) is 0 Å². The summed E-state index contributed by atoms with van der Waals surface area (Å²) in [6.07, 6.45) is 6.46. The van der Waals surface area contributed by atoms with Gasteiger partial charge in [-0.15, -0.1) is 0 Å². The Morgan fingerprint density at radius 1 is 1.35 bits per heavy atom. The van der Waals surface area contributed by atoms with E-state index >= 15 is 0 Å². The molecule has 0 saturated heterocycles. The van der Waals surface area contributed by atoms with E-state index < -0.39 is 5.91 Å². The number of nitrogens with two attached hydrogens (primary N) is 2. The Morgan fingerprint density at radius 3 is 2.71 bits per heavy atom. The van der Waals surface area contributed by atoms with E-state index in [1.807, 2.05) is 6.07 Å². The maximum atomic E-state index is 11.1. The fraction of sp³-hybridized carbons (Fsp3) is 0. The van der Waals surface area contributed by atoms with Gasteiger partial charge in [-0.25, -0.2) is 10.8 Å². The Labute approximate surface area is 106 Å². The molecule has 0 spiro atoms. The molecule has 0 radical (unpaired) electrons. The van der Waals surface area contributed by atoms with E-state index in [-0.39, 0.29) is 5.70 Å². The number of amides is 1. The van der Waals surface area contributed by atoms with E-state index in [4.69, 9.17) is 11.6 Å². The van der Waals surface area contributed by atoms with Crippen LogP contribution in [0, 0.1) is 0 Å². The molecule has 0 saturated carbocycles. The number of nitrogens with zero attached hydrogens (tertiary/aromatic N) is 3. The fourth-order valence-electron chi connectivity index (χ4n) is 1.34. The van der Waals surface area contributed by atoms with Crippen LogP contribution in [-0.2, 0) is 4.79 Å². The zero-order chi connectivity index (χ0) is 12.4. The summed E-state index contributed by atoms with van der Waals surface area (Å²) in [6.45, 7) is 0. The zero-order valence-electron chi connectivity index (χ0n) is 8.75. The summed E-state index contributed by atoms with van der Waals surface area (Å²) >= 11 is 3.25. The van der Waals surface area contributed by atoms with Crippen LogP contribution >= 0.6 is 15.9 Å². The summed E-state index contributed by atoms with van der Waals surface area (Å²) in [5.41, 5.74) is 6.22. The maximum Gasteiger partial charge on any atom is 0.268 e. The first-order chi connectivity index (χ1) is 8.08. The second-order valence-corrected chi connectivity index (χ2v) is 4.14. The third-order valence-electron chi connectivity index (χ3n) is 2.19. The fourth-order valence-corrected chi connectivity index (χ4v) is 1.57. The van der Waals surface area contributed by atoms with Crippen molar-refractivity contribution in [2.45, 2.75) is 0 Å². The standard InChI is InChI=1S/C10H10BrN5O/c11-9-2-1-7(5-14-9)15-3-4-16(13)8(6-15)10(12)17/h1-6H,13H2,(H2,12,17). The van der Waals surface area contributed by atoms with Gasteiger partial charge in [0.15, 0.2) is 0 Å². The summed E-state index contributed by atoms with van der Waals surface area (Å²) in [5, 5.41) is 1.17. The lowest BCUT2D eigenvalue weighted by atomic mass is 10.3. The molecule has 88 valence electrons. The largest absolute Gasteiger partial charge is 0.364 e. The molecule has 2 heterocycles. The first-order valence-electron chi connectivity index (χ1n) is 4.71. The highest BCUT2D eigenvalue weighted by Crippen LogP contribution is 2.20. The van der Waals surface area contributed by atoms with E-state index in [2.05, 4.69) is 20.9 Å². The monoisotopic (exact) mass is 295 g/mol. The Morgan fingerprint density at radius 2 is 2.12 bits per heavy atom. The summed E-state index contributed by atoms with van der Waals surface area (Å²) in [4.78, 5) is 16.9. The molecular formula is C10H10BrN5O. The molecule has 1 aliphatic heterocycles. The predicted molar refractivity (Wildman–Crippen MR) is 66.9 cm³/mol. The predicted octanol–water partition coefficient (Wildman–Crippen LogP) is 0.638. The number of hydrazine groups is 1. The average Bonchev–Trinajstić information content (AvgIpc) is 2.30. The highest BCUT2D eigenvalue weighted by molar-refractivity contribution is 9.10. The lowest BCUT2D eigenvalue weighted by Gasteiger charge is -2.25. The molecule has 0 atom stereocenters. The van der Waals surface area contributed by atoms with E-state index in [9.17, 15) is 4.79 Å². The number of aromatic nitrogens is 1. The highest BCUT2D eigenvalue weighted by atomic mass is 79.9. The lowest BCUT2D eigenvalue weighted by Crippen LogP contribution is -2.36. The van der Waals surface area contributed by atoms with Gasteiger partial charge in [-0.3, -0.25) is 9.80 Å². The van der Waals surface area contributed by atoms with E-state index in [1.165, 1.54) is 5.01 Å². The third-order valence-corrected chi connectivity index (χ3v) is 2.66. The van der Waals surface area contributed by atoms with Gasteiger partial charge in [0, 0.05) is 18.6 Å². The molecular weight excluding hydrogens is 286 g/mol. The van der Waals surface area contributed by atoms with Gasteiger partial charge in [-0.2, -0.15) is 0 Å². The van der Waals surface area contributed by atoms with Gasteiger partial charge in [-0.05, 0) is 28.1 Å². The van der Waals surface area contributed by atoms with Crippen LogP contribution in [0.5, 0.6) is 0 Å². The highest BCUT2D eigenvalue weighted by Gasteiger charge is 2.16. The number of pyridine rings is 1. The molecule has 17 heavy (non-hydrogen) atoms. The van der Waals surface area contributed by atoms with Gasteiger partial charge in [0.25, 0.3) is 5.91 Å². The molecule has 0 unspecified atom stereocenters. The van der Waals surface area contributed by atoms with Gasteiger partial charge >= 0.3 is 0 Å². The molecule has 1 aliphatic rings. The number of anilines is 1. The summed E-state index contributed by atoms with van der Waals surface area (Å²) < 4.78 is 0.738. The van der Waals surface area contributed by atoms with Crippen molar-refractivity contribution in [3.8, 4) is 0 Å². The van der Waals surface area contributed by atoms with Gasteiger partial charge in [0.2, 0.25) is 0 Å². The molecule has 0 bridgehead atoms. The molecule has 6 nitrogen and oxygen atoms in total. The van der Waals surface area contributed by atoms with E-state index in [0.717, 1.165) is 10.3 Å². The topological polar surface area (TPSA) is 88.5 Å². The summed E-state index contributed by atoms with van der Waals surface area (Å²) in [6, 6.07) is 3.65. The van der Waals surface area contributed by atoms with Crippen molar-refractivity contribution in [3.63, 3.8) is 0 Å². The number of carbonyl (C=O) groups is 1. The van der Waals surface area contributed by atoms with Crippen LogP contribution in [0.2, 0.25) is 0 Å². The van der Waals surface area contributed by atoms with Gasteiger partial charge in [-0.1, -0.05) is 0 Å². The second kappa shape index (κ2) is 4.56. The molecule has 2 rings (SSSR count). The SMILES string of the molecule is NC(=O)C1=CN(c2ccc(Br)nc2)C=CN1N. The second-order valence-electron chi connectivity index (χ2n) is 3.33. The molecule has 0 fully saturated rings. The number of hydrogen-bond donors (Lipinski definition) is 2. The molecule has 7 heteroatoms. The minimum Gasteiger partial charge on any atom is -0.364 e. The Hall–Kier alpha value is -1.86. The van der Waals surface area contributed by atoms with E-state index in [0.29, 0.717) is 0 Å². The molecule has 1 aromatic rings. The van der Waals surface area contributed by atoms with Crippen LogP contribution in [-0.4, -0.2) is 15.9 Å². The number of carbonyl (C=O) groups excluding carboxylic acids is 1. The Bertz CT molecular complexity index is 496. The van der Waals surface area contributed by atoms with Crippen LogP contribution in [0.1, 0.15) is 0 Å². The number of halogens is 1. The van der Waals surface area contributed by atoms with Crippen molar-refractivity contribution in [2.24, 2.45) is 11.6 Å². The first-order valence-corrected chi connectivity index (χ1v) is 5.51. The van der Waals surface area contributed by atoms with Crippen LogP contribution in [0.15, 0.2) is 47.2 Å². The third kappa shape index (κ3) is 2.45. The zero-order valence-corrected chi connectivity index (χ0v) is 10.3. The van der Waals surface area contributed by atoms with Crippen molar-refractivity contribution in [1.29, 1.82) is 0 Å². The van der Waals surface area contributed by atoms with Crippen LogP contribution < -0.4 is 16.5 Å². The van der Waals surface area contributed by atoms with Gasteiger partial charge in [0.05, 0.1) is 11.9 Å². The Kier molecular flexibility index (Phi) is 3.12. The molecule has 1 aromatic heterocycles. The normalized spacial score (nSPS) is 14.8. The molecule has 4 N–H and O–H groups in total. The minimum absolute atomic E-state index is 0.204. The minimum atomic E-state index is -0.591. The summed E-state index contributed by atoms with van der Waals surface area (Å²) in [7, 11) is 0. The van der Waals surface area contributed by atoms with Crippen molar-refractivity contribution in [2.75, 3.05) is 4.90 Å². The molecule has 1 amide bonds.